The summed E-state index contributed by atoms with van der Waals surface area (Å²) in [6.45, 7) is 8.81. The predicted molar refractivity (Wildman–Crippen MR) is 142 cm³/mol. The van der Waals surface area contributed by atoms with Crippen molar-refractivity contribution in [3.8, 4) is 0 Å². The molecule has 0 saturated heterocycles. The van der Waals surface area contributed by atoms with Gasteiger partial charge in [0.1, 0.15) is 0 Å². The standard InChI is InChI=1S/C17H28N2O.C10H13O8.In/c1-3-4-5-6-7-8-14-20-15-10-17(2)9-12-19-13-11-18-16-19;1-4-6(3)8(12)16-18-10(14)9(13)17-15-7(11)5-2;/h2,11,13,15-16H,3-10,12,14H2,1H3;4-5H2,1-3H3;. The van der Waals surface area contributed by atoms with Crippen LogP contribution in [0.2, 0.25) is 3.17 Å². The molecule has 0 aliphatic carbocycles. The molecule has 216 valence electrons. The van der Waals surface area contributed by atoms with Crippen molar-refractivity contribution >= 4 is 45.3 Å². The van der Waals surface area contributed by atoms with Crippen molar-refractivity contribution in [3.63, 3.8) is 0 Å². The van der Waals surface area contributed by atoms with Gasteiger partial charge in [0.15, 0.2) is 0 Å². The average Bonchev–Trinajstić information content (AvgIpc) is 3.62. The summed E-state index contributed by atoms with van der Waals surface area (Å²) < 4.78 is 9.77. The molecule has 11 nitrogen and oxygen atoms in total. The molecule has 1 aliphatic rings. The van der Waals surface area contributed by atoms with Gasteiger partial charge in [0.2, 0.25) is 0 Å². The number of imidazole rings is 1. The van der Waals surface area contributed by atoms with Crippen molar-refractivity contribution in [1.29, 1.82) is 0 Å². The number of nitrogens with zero attached hydrogens (tertiary/aromatic N) is 2. The van der Waals surface area contributed by atoms with Crippen LogP contribution in [0.5, 0.6) is 0 Å². The van der Waals surface area contributed by atoms with E-state index in [0.29, 0.717) is 13.0 Å². The normalized spacial score (nSPS) is 16.3. The number of carbonyl (C=O) groups excluding carboxylic acids is 4. The van der Waals surface area contributed by atoms with E-state index >= 15 is 0 Å². The Morgan fingerprint density at radius 1 is 1.00 bits per heavy atom. The molecule has 0 saturated carbocycles. The maximum atomic E-state index is 13.2. The molecule has 0 bridgehead atoms. The maximum absolute atomic E-state index is 13.2. The Balaban J connectivity index is 2.02. The van der Waals surface area contributed by atoms with Gasteiger partial charge in [0.25, 0.3) is 0 Å². The number of unbranched alkanes of at least 4 members (excludes halogenated alkanes) is 5. The Morgan fingerprint density at radius 2 is 1.69 bits per heavy atom. The summed E-state index contributed by atoms with van der Waals surface area (Å²) in [5, 5.41) is 0. The summed E-state index contributed by atoms with van der Waals surface area (Å²) in [6.07, 6.45) is 14.4. The minimum absolute atomic E-state index is 0.0353. The monoisotopic (exact) mass is 652 g/mol. The number of hydrogen-bond acceptors (Lipinski definition) is 10. The van der Waals surface area contributed by atoms with Gasteiger partial charge in [-0.15, -0.1) is 0 Å². The molecular weight excluding hydrogens is 611 g/mol. The molecule has 0 spiro atoms. The van der Waals surface area contributed by atoms with Crippen molar-refractivity contribution in [2.75, 3.05) is 6.61 Å². The van der Waals surface area contributed by atoms with E-state index in [0.717, 1.165) is 32.2 Å². The van der Waals surface area contributed by atoms with Crippen LogP contribution in [0, 0.1) is 0 Å². The van der Waals surface area contributed by atoms with Crippen molar-refractivity contribution in [2.24, 2.45) is 0 Å². The molecule has 0 fully saturated rings. The van der Waals surface area contributed by atoms with E-state index in [1.807, 2.05) is 24.6 Å². The Labute approximate surface area is 237 Å². The average molecular weight is 652 g/mol. The van der Waals surface area contributed by atoms with E-state index in [4.69, 9.17) is 9.62 Å². The quantitative estimate of drug-likeness (QED) is 0.115. The van der Waals surface area contributed by atoms with Gasteiger partial charge in [-0.3, -0.25) is 0 Å². The van der Waals surface area contributed by atoms with E-state index in [1.54, 1.807) is 12.5 Å². The SMILES string of the molecule is CCCCCCCCO[CH]1CC(CCn2ccnc2)=[CH][In]1[C](C)(CC)C(=O)OOC(=O)C(=O)OOC(=O)CC. The third kappa shape index (κ3) is 10.6. The summed E-state index contributed by atoms with van der Waals surface area (Å²) in [5.74, 6) is -4.77. The molecule has 39 heavy (non-hydrogen) atoms. The Hall–Kier alpha value is -2.34. The fourth-order valence-corrected chi connectivity index (χ4v) is 15.6. The number of aryl methyl sites for hydroxylation is 1. The molecule has 0 N–H and O–H groups in total. The van der Waals surface area contributed by atoms with Crippen LogP contribution in [0.1, 0.15) is 91.9 Å². The second-order valence-electron chi connectivity index (χ2n) is 9.97. The summed E-state index contributed by atoms with van der Waals surface area (Å²) in [5.41, 5.74) is 1.25. The minimum atomic E-state index is -3.01. The number of rotatable bonds is 15. The topological polar surface area (TPSA) is 132 Å². The van der Waals surface area contributed by atoms with Gasteiger partial charge in [0, 0.05) is 0 Å². The van der Waals surface area contributed by atoms with E-state index in [9.17, 15) is 19.2 Å². The van der Waals surface area contributed by atoms with Gasteiger partial charge in [-0.25, -0.2) is 0 Å². The molecule has 2 unspecified atom stereocenters. The van der Waals surface area contributed by atoms with Gasteiger partial charge in [-0.2, -0.15) is 0 Å². The van der Waals surface area contributed by atoms with Gasteiger partial charge < -0.3 is 0 Å². The van der Waals surface area contributed by atoms with E-state index in [1.165, 1.54) is 38.2 Å². The van der Waals surface area contributed by atoms with Gasteiger partial charge in [-0.05, 0) is 0 Å². The molecule has 1 aromatic heterocycles. The molecule has 2 heterocycles. The van der Waals surface area contributed by atoms with Crippen LogP contribution >= 0.6 is 0 Å². The third-order valence-corrected chi connectivity index (χ3v) is 19.1. The first-order valence-electron chi connectivity index (χ1n) is 13.9. The molecule has 0 radical (unpaired) electrons. The first-order valence-corrected chi connectivity index (χ1v) is 19.3. The second kappa shape index (κ2) is 17.4. The Morgan fingerprint density at radius 3 is 2.33 bits per heavy atom. The van der Waals surface area contributed by atoms with Crippen LogP contribution in [-0.2, 0) is 50.0 Å². The van der Waals surface area contributed by atoms with E-state index in [-0.39, 0.29) is 10.3 Å². The zero-order valence-electron chi connectivity index (χ0n) is 23.5. The van der Waals surface area contributed by atoms with Crippen molar-refractivity contribution in [3.05, 3.63) is 28.1 Å². The zero-order chi connectivity index (χ0) is 28.7. The van der Waals surface area contributed by atoms with Crippen LogP contribution in [0.4, 0.5) is 0 Å². The fraction of sp³-hybridized carbons (Fsp3) is 0.667. The van der Waals surface area contributed by atoms with E-state index < -0.39 is 48.5 Å². The van der Waals surface area contributed by atoms with E-state index in [2.05, 4.69) is 30.4 Å². The summed E-state index contributed by atoms with van der Waals surface area (Å²) in [4.78, 5) is 69.5. The van der Waals surface area contributed by atoms with Gasteiger partial charge >= 0.3 is 239 Å². The fourth-order valence-electron chi connectivity index (χ4n) is 4.46. The number of hydrogen-bond donors (Lipinski definition) is 0. The zero-order valence-corrected chi connectivity index (χ0v) is 26.8. The Bertz CT molecular complexity index is 966. The second-order valence-corrected chi connectivity index (χ2v) is 19.7. The molecule has 1 aromatic rings. The molecule has 12 heteroatoms. The van der Waals surface area contributed by atoms with Crippen molar-refractivity contribution < 1.29 is 43.5 Å². The van der Waals surface area contributed by atoms with Crippen molar-refractivity contribution in [1.82, 2.24) is 9.55 Å². The first kappa shape index (κ1) is 32.9. The van der Waals surface area contributed by atoms with Crippen LogP contribution in [0.3, 0.4) is 0 Å². The third-order valence-electron chi connectivity index (χ3n) is 7.15. The molecule has 2 rings (SSSR count). The number of carbonyl (C=O) groups is 4. The van der Waals surface area contributed by atoms with Crippen LogP contribution in [0.25, 0.3) is 0 Å². The number of ether oxygens (including phenoxy) is 1. The summed E-state index contributed by atoms with van der Waals surface area (Å²) in [6, 6.07) is 0. The summed E-state index contributed by atoms with van der Waals surface area (Å²) in [7, 11) is 0. The molecule has 2 atom stereocenters. The number of aromatic nitrogens is 2. The molecule has 0 amide bonds. The van der Waals surface area contributed by atoms with Gasteiger partial charge in [-0.1, -0.05) is 0 Å². The predicted octanol–water partition coefficient (Wildman–Crippen LogP) is 4.51. The summed E-state index contributed by atoms with van der Waals surface area (Å²) >= 11 is -3.01. The van der Waals surface area contributed by atoms with Crippen LogP contribution < -0.4 is 0 Å². The van der Waals surface area contributed by atoms with Crippen LogP contribution in [0.15, 0.2) is 28.1 Å². The van der Waals surface area contributed by atoms with Crippen LogP contribution in [-0.4, -0.2) is 65.3 Å². The molecular formula is C27H41InN2O9. The molecule has 0 aromatic carbocycles. The Kier molecular flexibility index (Phi) is 14.6. The first-order chi connectivity index (χ1) is 18.7. The molecule has 1 aliphatic heterocycles. The van der Waals surface area contributed by atoms with Crippen molar-refractivity contribution in [2.45, 2.75) is 105 Å². The van der Waals surface area contributed by atoms with Gasteiger partial charge in [0.05, 0.1) is 0 Å².